The second-order valence-corrected chi connectivity index (χ2v) is 17.2. The van der Waals surface area contributed by atoms with Crippen LogP contribution in [-0.2, 0) is 32.1 Å². The molecule has 3 aromatic carbocycles. The van der Waals surface area contributed by atoms with Gasteiger partial charge in [0.1, 0.15) is 17.5 Å². The minimum Gasteiger partial charge on any atom is -0.459 e. The molecule has 3 aliphatic heterocycles. The first-order valence-electron chi connectivity index (χ1n) is 22.9. The summed E-state index contributed by atoms with van der Waals surface area (Å²) in [4.78, 5) is 35.6. The van der Waals surface area contributed by atoms with Crippen molar-refractivity contribution in [3.63, 3.8) is 0 Å². The van der Waals surface area contributed by atoms with Crippen LogP contribution in [0.5, 0.6) is 23.0 Å². The summed E-state index contributed by atoms with van der Waals surface area (Å²) in [6, 6.07) is 19.7. The van der Waals surface area contributed by atoms with Crippen molar-refractivity contribution in [1.82, 2.24) is 10.2 Å². The number of hydrogen-bond acceptors (Lipinski definition) is 13. The maximum absolute atomic E-state index is 14.4. The van der Waals surface area contributed by atoms with Gasteiger partial charge in [-0.2, -0.15) is 0 Å². The molecule has 0 aromatic heterocycles. The number of carbonyl (C=O) groups excluding carboxylic acids is 2. The van der Waals surface area contributed by atoms with Gasteiger partial charge in [0.25, 0.3) is 0 Å². The number of aliphatic hydroxyl groups excluding tert-OH is 2. The molecule has 2 aliphatic carbocycles. The lowest BCUT2D eigenvalue weighted by molar-refractivity contribution is -0.256. The zero-order valence-electron chi connectivity index (χ0n) is 37.1. The molecule has 348 valence electrons. The number of unbranched alkanes of at least 4 members (excludes halogenated alkanes) is 2. The Balaban J connectivity index is 1.28. The number of nitrogens with zero attached hydrogens (tertiary/aromatic N) is 2. The molecule has 7 atom stereocenters. The van der Waals surface area contributed by atoms with Gasteiger partial charge in [-0.15, -0.1) is 6.58 Å². The first-order valence-corrected chi connectivity index (χ1v) is 22.9. The fourth-order valence-electron chi connectivity index (χ4n) is 10.2. The molecule has 1 saturated carbocycles. The smallest absolute Gasteiger partial charge is 0.412 e. The van der Waals surface area contributed by atoms with E-state index in [4.69, 9.17) is 43.2 Å². The van der Waals surface area contributed by atoms with E-state index in [0.29, 0.717) is 61.1 Å². The van der Waals surface area contributed by atoms with Crippen molar-refractivity contribution in [2.24, 2.45) is 22.9 Å². The lowest BCUT2D eigenvalue weighted by atomic mass is 9.55. The zero-order valence-corrected chi connectivity index (χ0v) is 37.1. The zero-order chi connectivity index (χ0) is 45.2. The highest BCUT2D eigenvalue weighted by Gasteiger charge is 2.65. The van der Waals surface area contributed by atoms with E-state index in [0.717, 1.165) is 60.8 Å². The molecule has 5 aliphatic rings. The average Bonchev–Trinajstić information content (AvgIpc) is 3.81. The van der Waals surface area contributed by atoms with Gasteiger partial charge < -0.3 is 53.5 Å². The molecule has 0 bridgehead atoms. The van der Waals surface area contributed by atoms with Gasteiger partial charge in [0.05, 0.1) is 32.0 Å². The van der Waals surface area contributed by atoms with Gasteiger partial charge in [-0.3, -0.25) is 4.90 Å². The summed E-state index contributed by atoms with van der Waals surface area (Å²) in [7, 11) is 1.35. The molecule has 15 nitrogen and oxygen atoms in total. The number of ether oxygens (including phenoxy) is 7. The fraction of sp³-hybridized carbons (Fsp3) is 0.500. The van der Waals surface area contributed by atoms with Crippen molar-refractivity contribution in [2.75, 3.05) is 40.3 Å². The third kappa shape index (κ3) is 10.3. The minimum absolute atomic E-state index is 0.00341. The third-order valence-corrected chi connectivity index (χ3v) is 13.1. The molecule has 3 heterocycles. The Morgan fingerprint density at radius 2 is 1.75 bits per heavy atom. The molecule has 2 amide bonds. The SMILES string of the molecule is C=CCOC12Oc3ccc(OC(=O)NCc4ccccc4)cc3C3C(CCCCO)C(CCCCO)C=C(C(=NOC4CCCCO4)CC1N(Cc1ccc4c(c1)OCO4)C(=O)OC)C32. The van der Waals surface area contributed by atoms with Crippen molar-refractivity contribution in [3.05, 3.63) is 108 Å². The topological polar surface area (TPSA) is 176 Å². The Kier molecular flexibility index (Phi) is 15.3. The molecular weight excluding hydrogens is 835 g/mol. The van der Waals surface area contributed by atoms with Crippen LogP contribution in [0.3, 0.4) is 0 Å². The van der Waals surface area contributed by atoms with Crippen LogP contribution in [0, 0.1) is 17.8 Å². The number of nitrogens with one attached hydrogen (secondary N) is 1. The Labute approximate surface area is 380 Å². The third-order valence-electron chi connectivity index (χ3n) is 13.1. The van der Waals surface area contributed by atoms with E-state index < -0.39 is 36.2 Å². The van der Waals surface area contributed by atoms with Gasteiger partial charge in [-0.1, -0.05) is 66.5 Å². The number of amides is 2. The highest BCUT2D eigenvalue weighted by molar-refractivity contribution is 6.03. The largest absolute Gasteiger partial charge is 0.459 e. The minimum atomic E-state index is -1.54. The Morgan fingerprint density at radius 1 is 0.954 bits per heavy atom. The fourth-order valence-corrected chi connectivity index (χ4v) is 10.2. The van der Waals surface area contributed by atoms with Gasteiger partial charge in [0.2, 0.25) is 18.9 Å². The number of aliphatic hydroxyl groups is 2. The lowest BCUT2D eigenvalue weighted by Gasteiger charge is -2.59. The van der Waals surface area contributed by atoms with Crippen molar-refractivity contribution < 1.29 is 57.8 Å². The molecule has 0 radical (unpaired) electrons. The maximum Gasteiger partial charge on any atom is 0.412 e. The molecule has 15 heteroatoms. The Bertz CT molecular complexity index is 2180. The number of methoxy groups -OCH3 is 1. The number of allylic oxidation sites excluding steroid dienone is 1. The maximum atomic E-state index is 14.4. The van der Waals surface area contributed by atoms with Crippen LogP contribution in [0.4, 0.5) is 9.59 Å². The molecule has 2 fully saturated rings. The van der Waals surface area contributed by atoms with Crippen LogP contribution in [0.2, 0.25) is 0 Å². The average molecular weight is 896 g/mol. The van der Waals surface area contributed by atoms with Gasteiger partial charge in [0, 0.05) is 50.6 Å². The predicted molar refractivity (Wildman–Crippen MR) is 239 cm³/mol. The van der Waals surface area contributed by atoms with E-state index in [9.17, 15) is 19.8 Å². The number of fused-ring (bicyclic) bond motifs is 3. The first kappa shape index (κ1) is 45.9. The highest BCUT2D eigenvalue weighted by Crippen LogP contribution is 2.62. The number of oxime groups is 1. The molecule has 1 saturated heterocycles. The summed E-state index contributed by atoms with van der Waals surface area (Å²) in [6.07, 6.45) is 9.19. The van der Waals surface area contributed by atoms with E-state index in [1.807, 2.05) is 54.6 Å². The van der Waals surface area contributed by atoms with Gasteiger partial charge in [0.15, 0.2) is 11.5 Å². The first-order chi connectivity index (χ1) is 31.8. The van der Waals surface area contributed by atoms with Crippen molar-refractivity contribution in [3.8, 4) is 23.0 Å². The Hall–Kier alpha value is -5.61. The van der Waals surface area contributed by atoms with Gasteiger partial charge >= 0.3 is 12.2 Å². The lowest BCUT2D eigenvalue weighted by Crippen LogP contribution is -2.70. The van der Waals surface area contributed by atoms with Crippen LogP contribution in [0.1, 0.15) is 86.8 Å². The Morgan fingerprint density at radius 3 is 2.52 bits per heavy atom. The van der Waals surface area contributed by atoms with E-state index in [1.54, 1.807) is 23.1 Å². The molecule has 3 aromatic rings. The molecular formula is C50H61N3O12. The molecule has 65 heavy (non-hydrogen) atoms. The molecule has 3 N–H and O–H groups in total. The van der Waals surface area contributed by atoms with Crippen LogP contribution in [-0.4, -0.2) is 91.5 Å². The van der Waals surface area contributed by atoms with Crippen LogP contribution in [0.15, 0.2) is 96.2 Å². The summed E-state index contributed by atoms with van der Waals surface area (Å²) in [5.74, 6) is -0.500. The van der Waals surface area contributed by atoms with Gasteiger partial charge in [-0.05, 0) is 97.4 Å². The monoisotopic (exact) mass is 895 g/mol. The molecule has 7 unspecified atom stereocenters. The van der Waals surface area contributed by atoms with Crippen molar-refractivity contribution in [1.29, 1.82) is 0 Å². The molecule has 8 rings (SSSR count). The standard InChI is InChI=1S/C50H61N3O12/c1-3-24-62-50-44(53(49(57)58-2)31-34-18-20-42-43(26-34)61-32-60-42)29-40(52-65-45-17-9-12-25-59-45)38-27-35(15-7-10-22-54)37(16-8-11-23-55)46(47(38)50)39-28-36(19-21-41(39)64-50)63-48(56)51-30-33-13-5-4-6-14-33/h3-6,13-14,18-21,26-28,35,37,44-47,54-55H,1,7-12,15-17,22-25,29-32H2,2H3,(H,51,56). The van der Waals surface area contributed by atoms with Crippen LogP contribution in [0.25, 0.3) is 0 Å². The van der Waals surface area contributed by atoms with Crippen molar-refractivity contribution >= 4 is 17.9 Å². The number of hydrogen-bond donors (Lipinski definition) is 3. The van der Waals surface area contributed by atoms with E-state index in [2.05, 4.69) is 18.0 Å². The quantitative estimate of drug-likeness (QED) is 0.0600. The van der Waals surface area contributed by atoms with Crippen molar-refractivity contribution in [2.45, 2.75) is 101 Å². The summed E-state index contributed by atoms with van der Waals surface area (Å²) in [5.41, 5.74) is 3.99. The van der Waals surface area contributed by atoms with Gasteiger partial charge in [-0.25, -0.2) is 9.59 Å². The number of rotatable bonds is 19. The normalized spacial score (nSPS) is 25.6. The predicted octanol–water partition coefficient (Wildman–Crippen LogP) is 8.13. The van der Waals surface area contributed by atoms with E-state index >= 15 is 0 Å². The van der Waals surface area contributed by atoms with E-state index in [1.165, 1.54) is 7.11 Å². The summed E-state index contributed by atoms with van der Waals surface area (Å²) >= 11 is 0. The second kappa shape index (κ2) is 21.6. The molecule has 0 spiro atoms. The van der Waals surface area contributed by atoms with Crippen LogP contribution < -0.4 is 24.3 Å². The highest BCUT2D eigenvalue weighted by atomic mass is 16.8. The summed E-state index contributed by atoms with van der Waals surface area (Å²) in [5, 5.41) is 27.7. The van der Waals surface area contributed by atoms with E-state index in [-0.39, 0.29) is 57.3 Å². The number of benzene rings is 3. The summed E-state index contributed by atoms with van der Waals surface area (Å²) < 4.78 is 43.3. The second-order valence-electron chi connectivity index (χ2n) is 17.2. The van der Waals surface area contributed by atoms with Crippen LogP contribution >= 0.6 is 0 Å². The summed E-state index contributed by atoms with van der Waals surface area (Å²) in [6.45, 7) is 5.27. The number of carbonyl (C=O) groups is 2.